The lowest BCUT2D eigenvalue weighted by molar-refractivity contribution is 0.860. The van der Waals surface area contributed by atoms with E-state index in [-0.39, 0.29) is 0 Å². The maximum absolute atomic E-state index is 3.08. The number of benzene rings is 1. The maximum atomic E-state index is 3.08. The molecule has 1 aromatic carbocycles. The molecule has 2 rings (SSSR count). The van der Waals surface area contributed by atoms with Crippen LogP contribution in [0.2, 0.25) is 0 Å². The number of hydrazine groups is 1. The molecule has 2 nitrogen and oxygen atoms in total. The highest BCUT2D eigenvalue weighted by atomic mass is 15.4. The van der Waals surface area contributed by atoms with Gasteiger partial charge in [0.05, 0.1) is 5.69 Å². The third-order valence-electron chi connectivity index (χ3n) is 1.76. The smallest absolute Gasteiger partial charge is 0.0533 e. The Hall–Kier alpha value is -1.02. The van der Waals surface area contributed by atoms with Gasteiger partial charge in [0.25, 0.3) is 0 Å². The molecule has 0 saturated carbocycles. The van der Waals surface area contributed by atoms with Crippen LogP contribution in [0.15, 0.2) is 18.2 Å². The summed E-state index contributed by atoms with van der Waals surface area (Å²) < 4.78 is 0. The summed E-state index contributed by atoms with van der Waals surface area (Å²) in [6.45, 7) is 7.05. The molecule has 0 radical (unpaired) electrons. The van der Waals surface area contributed by atoms with Crippen LogP contribution in [0.4, 0.5) is 5.69 Å². The molecular weight excluding hydrogens is 148 g/mol. The molecule has 0 spiro atoms. The van der Waals surface area contributed by atoms with E-state index in [1.807, 2.05) is 13.8 Å². The fourth-order valence-electron chi connectivity index (χ4n) is 1.23. The second-order valence-electron chi connectivity index (χ2n) is 2.64. The summed E-state index contributed by atoms with van der Waals surface area (Å²) in [5, 5.41) is 0. The van der Waals surface area contributed by atoms with Gasteiger partial charge in [-0.05, 0) is 18.6 Å². The summed E-state index contributed by atoms with van der Waals surface area (Å²) in [5.41, 5.74) is 10.0. The normalized spacial score (nSPS) is 12.6. The minimum absolute atomic E-state index is 0.941. The van der Waals surface area contributed by atoms with Crippen molar-refractivity contribution in [2.24, 2.45) is 0 Å². The van der Waals surface area contributed by atoms with Crippen LogP contribution >= 0.6 is 0 Å². The summed E-state index contributed by atoms with van der Waals surface area (Å²) >= 11 is 0. The summed E-state index contributed by atoms with van der Waals surface area (Å²) in [6, 6.07) is 6.41. The van der Waals surface area contributed by atoms with Crippen LogP contribution in [-0.4, -0.2) is 0 Å². The largest absolute Gasteiger partial charge is 0.321 e. The number of anilines is 1. The summed E-state index contributed by atoms with van der Waals surface area (Å²) in [4.78, 5) is 0. The molecule has 0 aromatic heterocycles. The monoisotopic (exact) mass is 164 g/mol. The minimum Gasteiger partial charge on any atom is -0.321 e. The van der Waals surface area contributed by atoms with Gasteiger partial charge in [0, 0.05) is 6.54 Å². The number of nitrogens with one attached hydrogen (secondary N) is 2. The van der Waals surface area contributed by atoms with Crippen molar-refractivity contribution in [3.8, 4) is 0 Å². The first kappa shape index (κ1) is 9.07. The minimum atomic E-state index is 0.941. The molecular formula is C10H16N2. The van der Waals surface area contributed by atoms with Gasteiger partial charge in [0.1, 0.15) is 0 Å². The molecule has 2 heteroatoms. The van der Waals surface area contributed by atoms with E-state index in [4.69, 9.17) is 0 Å². The van der Waals surface area contributed by atoms with Crippen LogP contribution in [0.5, 0.6) is 0 Å². The predicted octanol–water partition coefficient (Wildman–Crippen LogP) is 2.45. The molecule has 0 bridgehead atoms. The molecule has 1 heterocycles. The van der Waals surface area contributed by atoms with Gasteiger partial charge in [0.2, 0.25) is 0 Å². The van der Waals surface area contributed by atoms with E-state index in [2.05, 4.69) is 36.0 Å². The van der Waals surface area contributed by atoms with Gasteiger partial charge in [-0.1, -0.05) is 31.5 Å². The lowest BCUT2D eigenvalue weighted by Gasteiger charge is -1.97. The zero-order valence-corrected chi connectivity index (χ0v) is 7.94. The van der Waals surface area contributed by atoms with Gasteiger partial charge in [-0.2, -0.15) is 0 Å². The Morgan fingerprint density at radius 1 is 1.25 bits per heavy atom. The molecule has 0 amide bonds. The Bertz CT molecular complexity index is 256. The Balaban J connectivity index is 0.000000336. The third kappa shape index (κ3) is 1.77. The van der Waals surface area contributed by atoms with E-state index in [1.54, 1.807) is 0 Å². The van der Waals surface area contributed by atoms with Crippen LogP contribution in [0.3, 0.4) is 0 Å². The number of fused-ring (bicyclic) bond motifs is 1. The van der Waals surface area contributed by atoms with Gasteiger partial charge in [-0.3, -0.25) is 0 Å². The first-order valence-corrected chi connectivity index (χ1v) is 4.45. The quantitative estimate of drug-likeness (QED) is 0.615. The third-order valence-corrected chi connectivity index (χ3v) is 1.76. The Labute approximate surface area is 74.0 Å². The molecule has 0 unspecified atom stereocenters. The highest BCUT2D eigenvalue weighted by molar-refractivity contribution is 5.54. The standard InChI is InChI=1S/C8H10N2.C2H6/c1-6-2-3-8-7(4-6)5-9-10-8;1-2/h2-4,9-10H,5H2,1H3;1-2H3. The fourth-order valence-corrected chi connectivity index (χ4v) is 1.23. The zero-order valence-electron chi connectivity index (χ0n) is 7.94. The Morgan fingerprint density at radius 3 is 2.75 bits per heavy atom. The number of aryl methyl sites for hydroxylation is 1. The lowest BCUT2D eigenvalue weighted by atomic mass is 10.1. The summed E-state index contributed by atoms with van der Waals surface area (Å²) in [5.74, 6) is 0. The number of hydrogen-bond donors (Lipinski definition) is 2. The molecule has 0 saturated heterocycles. The van der Waals surface area contributed by atoms with E-state index < -0.39 is 0 Å². The van der Waals surface area contributed by atoms with Gasteiger partial charge >= 0.3 is 0 Å². The number of hydrogen-bond acceptors (Lipinski definition) is 2. The molecule has 0 fully saturated rings. The van der Waals surface area contributed by atoms with E-state index in [0.717, 1.165) is 6.54 Å². The number of rotatable bonds is 0. The molecule has 0 aliphatic carbocycles. The van der Waals surface area contributed by atoms with Crippen molar-refractivity contribution in [3.63, 3.8) is 0 Å². The van der Waals surface area contributed by atoms with Gasteiger partial charge in [0.15, 0.2) is 0 Å². The van der Waals surface area contributed by atoms with Crippen LogP contribution in [0, 0.1) is 6.92 Å². The Kier molecular flexibility index (Phi) is 3.11. The van der Waals surface area contributed by atoms with Gasteiger partial charge < -0.3 is 5.43 Å². The molecule has 2 N–H and O–H groups in total. The van der Waals surface area contributed by atoms with E-state index >= 15 is 0 Å². The van der Waals surface area contributed by atoms with Crippen molar-refractivity contribution in [1.29, 1.82) is 0 Å². The van der Waals surface area contributed by atoms with Crippen molar-refractivity contribution in [2.45, 2.75) is 27.3 Å². The molecule has 1 aliphatic rings. The predicted molar refractivity (Wildman–Crippen MR) is 53.0 cm³/mol. The molecule has 1 aliphatic heterocycles. The van der Waals surface area contributed by atoms with Crippen molar-refractivity contribution in [2.75, 3.05) is 5.43 Å². The SMILES string of the molecule is CC.Cc1ccc2c(c1)CNN2. The highest BCUT2D eigenvalue weighted by Crippen LogP contribution is 2.19. The van der Waals surface area contributed by atoms with Crippen LogP contribution in [-0.2, 0) is 6.54 Å². The summed E-state index contributed by atoms with van der Waals surface area (Å²) in [7, 11) is 0. The average Bonchev–Trinajstić information content (AvgIpc) is 2.54. The maximum Gasteiger partial charge on any atom is 0.0533 e. The second kappa shape index (κ2) is 4.12. The average molecular weight is 164 g/mol. The Morgan fingerprint density at radius 2 is 2.00 bits per heavy atom. The topological polar surface area (TPSA) is 24.1 Å². The molecule has 0 atom stereocenters. The highest BCUT2D eigenvalue weighted by Gasteiger charge is 2.06. The van der Waals surface area contributed by atoms with Crippen molar-refractivity contribution < 1.29 is 0 Å². The van der Waals surface area contributed by atoms with Crippen molar-refractivity contribution in [3.05, 3.63) is 29.3 Å². The first-order valence-electron chi connectivity index (χ1n) is 4.45. The molecule has 66 valence electrons. The van der Waals surface area contributed by atoms with Crippen LogP contribution in [0.1, 0.15) is 25.0 Å². The van der Waals surface area contributed by atoms with E-state index in [9.17, 15) is 0 Å². The van der Waals surface area contributed by atoms with Crippen molar-refractivity contribution >= 4 is 5.69 Å². The van der Waals surface area contributed by atoms with Crippen LogP contribution in [0.25, 0.3) is 0 Å². The fraction of sp³-hybridized carbons (Fsp3) is 0.400. The molecule has 1 aromatic rings. The second-order valence-corrected chi connectivity index (χ2v) is 2.64. The first-order chi connectivity index (χ1) is 5.86. The lowest BCUT2D eigenvalue weighted by Crippen LogP contribution is -2.10. The zero-order chi connectivity index (χ0) is 8.97. The van der Waals surface area contributed by atoms with Gasteiger partial charge in [-0.25, -0.2) is 5.43 Å². The van der Waals surface area contributed by atoms with E-state index in [1.165, 1.54) is 16.8 Å². The van der Waals surface area contributed by atoms with E-state index in [0.29, 0.717) is 0 Å². The van der Waals surface area contributed by atoms with Gasteiger partial charge in [-0.15, -0.1) is 0 Å². The summed E-state index contributed by atoms with van der Waals surface area (Å²) in [6.07, 6.45) is 0. The van der Waals surface area contributed by atoms with Crippen molar-refractivity contribution in [1.82, 2.24) is 5.43 Å². The van der Waals surface area contributed by atoms with Crippen LogP contribution < -0.4 is 10.9 Å². The molecule has 12 heavy (non-hydrogen) atoms.